The van der Waals surface area contributed by atoms with E-state index in [0.717, 1.165) is 30.5 Å². The Morgan fingerprint density at radius 2 is 1.33 bits per heavy atom. The van der Waals surface area contributed by atoms with E-state index in [-0.39, 0.29) is 0 Å². The summed E-state index contributed by atoms with van der Waals surface area (Å²) in [5, 5.41) is 22.8. The SMILES string of the molecule is Cc1ccc(N2CCC3(CCN(CC4CC4)CC3)CC2)nn1.O=C(O)C(F)(F)F.O=C(O)C(F)(F)F. The fraction of sp³-hybridized carbons (Fsp3) is 0.727. The molecule has 2 saturated heterocycles. The van der Waals surface area contributed by atoms with Crippen LogP contribution in [-0.4, -0.2) is 82.3 Å². The van der Waals surface area contributed by atoms with Crippen molar-refractivity contribution in [2.24, 2.45) is 11.3 Å². The molecule has 14 heteroatoms. The van der Waals surface area contributed by atoms with Crippen LogP contribution in [0.15, 0.2) is 12.1 Å². The molecule has 4 rings (SSSR count). The molecular weight excluding hydrogens is 498 g/mol. The van der Waals surface area contributed by atoms with Gasteiger partial charge in [0.25, 0.3) is 0 Å². The third-order valence-electron chi connectivity index (χ3n) is 6.55. The average molecular weight is 528 g/mol. The molecule has 2 aliphatic heterocycles. The van der Waals surface area contributed by atoms with E-state index in [2.05, 4.69) is 32.1 Å². The van der Waals surface area contributed by atoms with Gasteiger partial charge in [0.2, 0.25) is 0 Å². The Morgan fingerprint density at radius 3 is 1.69 bits per heavy atom. The molecule has 1 aromatic heterocycles. The molecule has 0 radical (unpaired) electrons. The molecule has 0 amide bonds. The Hall–Kier alpha value is -2.64. The van der Waals surface area contributed by atoms with E-state index in [1.807, 2.05) is 6.92 Å². The molecule has 3 heterocycles. The first-order valence-corrected chi connectivity index (χ1v) is 11.5. The Morgan fingerprint density at radius 1 is 0.889 bits per heavy atom. The van der Waals surface area contributed by atoms with Crippen molar-refractivity contribution in [1.82, 2.24) is 15.1 Å². The third-order valence-corrected chi connectivity index (χ3v) is 6.55. The highest BCUT2D eigenvalue weighted by molar-refractivity contribution is 5.73. The Labute approximate surface area is 204 Å². The first-order chi connectivity index (χ1) is 16.6. The molecule has 0 atom stereocenters. The van der Waals surface area contributed by atoms with Crippen LogP contribution < -0.4 is 4.90 Å². The summed E-state index contributed by atoms with van der Waals surface area (Å²) < 4.78 is 63.5. The van der Waals surface area contributed by atoms with Gasteiger partial charge in [0.15, 0.2) is 5.82 Å². The lowest BCUT2D eigenvalue weighted by atomic mass is 9.71. The number of aryl methyl sites for hydroxylation is 1. The molecule has 8 nitrogen and oxygen atoms in total. The van der Waals surface area contributed by atoms with Gasteiger partial charge in [-0.25, -0.2) is 9.59 Å². The van der Waals surface area contributed by atoms with Gasteiger partial charge < -0.3 is 20.0 Å². The summed E-state index contributed by atoms with van der Waals surface area (Å²) >= 11 is 0. The van der Waals surface area contributed by atoms with E-state index < -0.39 is 24.3 Å². The minimum Gasteiger partial charge on any atom is -0.475 e. The molecule has 1 aliphatic carbocycles. The number of hydrogen-bond acceptors (Lipinski definition) is 6. The monoisotopic (exact) mass is 528 g/mol. The molecule has 36 heavy (non-hydrogen) atoms. The molecule has 0 aromatic carbocycles. The van der Waals surface area contributed by atoms with Gasteiger partial charge >= 0.3 is 24.3 Å². The van der Waals surface area contributed by atoms with E-state index in [0.29, 0.717) is 5.41 Å². The van der Waals surface area contributed by atoms with Gasteiger partial charge in [-0.2, -0.15) is 31.4 Å². The zero-order valence-electron chi connectivity index (χ0n) is 19.8. The topological polar surface area (TPSA) is 107 Å². The number of piperidine rings is 2. The van der Waals surface area contributed by atoms with E-state index >= 15 is 0 Å². The van der Waals surface area contributed by atoms with Crippen LogP contribution in [0.3, 0.4) is 0 Å². The number of anilines is 1. The van der Waals surface area contributed by atoms with Crippen LogP contribution in [-0.2, 0) is 9.59 Å². The van der Waals surface area contributed by atoms with Crippen molar-refractivity contribution in [3.63, 3.8) is 0 Å². The quantitative estimate of drug-likeness (QED) is 0.564. The lowest BCUT2D eigenvalue weighted by Crippen LogP contribution is -2.47. The number of aliphatic carboxylic acids is 2. The molecule has 0 bridgehead atoms. The van der Waals surface area contributed by atoms with Crippen LogP contribution in [0.5, 0.6) is 0 Å². The minimum absolute atomic E-state index is 0.620. The molecule has 2 N–H and O–H groups in total. The fourth-order valence-corrected chi connectivity index (χ4v) is 4.15. The molecular formula is C22H30F6N4O4. The first kappa shape index (κ1) is 29.6. The maximum atomic E-state index is 10.6. The summed E-state index contributed by atoms with van der Waals surface area (Å²) in [6.45, 7) is 8.35. The molecule has 204 valence electrons. The second-order valence-electron chi connectivity index (χ2n) is 9.37. The maximum Gasteiger partial charge on any atom is 0.490 e. The van der Waals surface area contributed by atoms with E-state index in [4.69, 9.17) is 19.8 Å². The zero-order chi connectivity index (χ0) is 27.1. The highest BCUT2D eigenvalue weighted by atomic mass is 19.4. The van der Waals surface area contributed by atoms with Gasteiger partial charge in [0.1, 0.15) is 0 Å². The number of carboxylic acids is 2. The first-order valence-electron chi connectivity index (χ1n) is 11.5. The van der Waals surface area contributed by atoms with Crippen LogP contribution in [0.1, 0.15) is 44.2 Å². The van der Waals surface area contributed by atoms with Crippen LogP contribution in [0, 0.1) is 18.3 Å². The Kier molecular flexibility index (Phi) is 9.92. The van der Waals surface area contributed by atoms with Gasteiger partial charge in [-0.15, -0.1) is 5.10 Å². The van der Waals surface area contributed by atoms with Crippen molar-refractivity contribution in [2.45, 2.75) is 57.8 Å². The standard InChI is InChI=1S/C18H28N4.2C2HF3O2/c1-15-2-5-17(20-19-15)22-12-8-18(9-13-22)6-10-21(11-7-18)14-16-3-4-16;2*3-2(4,5)1(6)7/h2,5,16H,3-4,6-14H2,1H3;2*(H,6,7). The molecule has 3 fully saturated rings. The number of alkyl halides is 6. The van der Waals surface area contributed by atoms with Crippen molar-refractivity contribution in [3.05, 3.63) is 17.8 Å². The number of nitrogens with zero attached hydrogens (tertiary/aromatic N) is 4. The zero-order valence-corrected chi connectivity index (χ0v) is 19.8. The van der Waals surface area contributed by atoms with Crippen LogP contribution in [0.4, 0.5) is 32.2 Å². The van der Waals surface area contributed by atoms with Gasteiger partial charge in [0.05, 0.1) is 5.69 Å². The van der Waals surface area contributed by atoms with Crippen molar-refractivity contribution in [2.75, 3.05) is 37.6 Å². The number of halogens is 6. The lowest BCUT2D eigenvalue weighted by molar-refractivity contribution is -0.193. The number of carbonyl (C=O) groups is 2. The minimum atomic E-state index is -5.08. The highest BCUT2D eigenvalue weighted by Gasteiger charge is 2.40. The summed E-state index contributed by atoms with van der Waals surface area (Å²) in [6.07, 6.45) is -1.72. The summed E-state index contributed by atoms with van der Waals surface area (Å²) in [4.78, 5) is 22.9. The van der Waals surface area contributed by atoms with Gasteiger partial charge in [-0.05, 0) is 82.0 Å². The van der Waals surface area contributed by atoms with Crippen molar-refractivity contribution >= 4 is 17.8 Å². The maximum absolute atomic E-state index is 10.6. The van der Waals surface area contributed by atoms with Crippen molar-refractivity contribution < 1.29 is 46.1 Å². The third kappa shape index (κ3) is 9.78. The summed E-state index contributed by atoms with van der Waals surface area (Å²) in [7, 11) is 0. The number of rotatable bonds is 3. The fourth-order valence-electron chi connectivity index (χ4n) is 4.15. The molecule has 3 aliphatic rings. The second kappa shape index (κ2) is 12.1. The van der Waals surface area contributed by atoms with Gasteiger partial charge in [-0.3, -0.25) is 0 Å². The number of hydrogen-bond donors (Lipinski definition) is 2. The Bertz CT molecular complexity index is 833. The van der Waals surface area contributed by atoms with Gasteiger partial charge in [-0.1, -0.05) is 0 Å². The van der Waals surface area contributed by atoms with Crippen LogP contribution in [0.25, 0.3) is 0 Å². The molecule has 1 saturated carbocycles. The normalized spacial score (nSPS) is 20.0. The number of aromatic nitrogens is 2. The summed E-state index contributed by atoms with van der Waals surface area (Å²) in [6, 6.07) is 4.20. The molecule has 0 unspecified atom stereocenters. The lowest BCUT2D eigenvalue weighted by Gasteiger charge is -2.47. The summed E-state index contributed by atoms with van der Waals surface area (Å²) in [5.41, 5.74) is 1.62. The van der Waals surface area contributed by atoms with Crippen molar-refractivity contribution in [3.8, 4) is 0 Å². The predicted octanol–water partition coefficient (Wildman–Crippen LogP) is 4.14. The molecule has 1 aromatic rings. The van der Waals surface area contributed by atoms with Crippen LogP contribution >= 0.6 is 0 Å². The van der Waals surface area contributed by atoms with E-state index in [9.17, 15) is 26.3 Å². The van der Waals surface area contributed by atoms with Crippen molar-refractivity contribution in [1.29, 1.82) is 0 Å². The van der Waals surface area contributed by atoms with E-state index in [1.165, 1.54) is 58.2 Å². The number of carboxylic acid groups (broad SMARTS) is 2. The largest absolute Gasteiger partial charge is 0.490 e. The van der Waals surface area contributed by atoms with Gasteiger partial charge in [0, 0.05) is 19.6 Å². The average Bonchev–Trinajstić information content (AvgIpc) is 3.60. The predicted molar refractivity (Wildman–Crippen MR) is 116 cm³/mol. The smallest absolute Gasteiger partial charge is 0.475 e. The highest BCUT2D eigenvalue weighted by Crippen LogP contribution is 2.42. The molecule has 1 spiro atoms. The summed E-state index contributed by atoms with van der Waals surface area (Å²) in [5.74, 6) is -3.41. The van der Waals surface area contributed by atoms with E-state index in [1.54, 1.807) is 0 Å². The second-order valence-corrected chi connectivity index (χ2v) is 9.37. The van der Waals surface area contributed by atoms with Crippen LogP contribution in [0.2, 0.25) is 0 Å². The Balaban J connectivity index is 0.000000271. The number of likely N-dealkylation sites (tertiary alicyclic amines) is 1.